The van der Waals surface area contributed by atoms with E-state index >= 15 is 0 Å². The molecule has 2 nitrogen and oxygen atoms in total. The molecule has 0 aliphatic rings. The van der Waals surface area contributed by atoms with Crippen LogP contribution in [0.3, 0.4) is 0 Å². The van der Waals surface area contributed by atoms with Crippen molar-refractivity contribution in [3.8, 4) is 11.1 Å². The molecule has 0 atom stereocenters. The van der Waals surface area contributed by atoms with E-state index in [0.717, 1.165) is 16.6 Å². The van der Waals surface area contributed by atoms with Gasteiger partial charge >= 0.3 is 0 Å². The van der Waals surface area contributed by atoms with Crippen LogP contribution in [0.25, 0.3) is 54.5 Å². The molecule has 130 valence electrons. The Kier molecular flexibility index (Phi) is 3.20. The molecule has 2 aromatic heterocycles. The molecular weight excluding hydrogens is 340 g/mol. The lowest BCUT2D eigenvalue weighted by molar-refractivity contribution is 1.33. The Morgan fingerprint density at radius 1 is 0.536 bits per heavy atom. The molecule has 0 aliphatic carbocycles. The summed E-state index contributed by atoms with van der Waals surface area (Å²) in [6, 6.07) is 29.8. The molecule has 0 N–H and O–H groups in total. The van der Waals surface area contributed by atoms with Gasteiger partial charge in [-0.05, 0) is 39.7 Å². The van der Waals surface area contributed by atoms with E-state index in [4.69, 9.17) is 4.98 Å². The molecule has 2 heterocycles. The Labute approximate surface area is 162 Å². The zero-order chi connectivity index (χ0) is 18.5. The van der Waals surface area contributed by atoms with Gasteiger partial charge in [0, 0.05) is 34.3 Å². The SMILES string of the molecule is c1cncc(-c2c3c(ccc4ccccc43)nc3ccc4ccccc4c23)c1. The third-order valence-electron chi connectivity index (χ3n) is 5.51. The summed E-state index contributed by atoms with van der Waals surface area (Å²) in [4.78, 5) is 9.46. The van der Waals surface area contributed by atoms with Gasteiger partial charge in [0.2, 0.25) is 0 Å². The highest BCUT2D eigenvalue weighted by atomic mass is 14.7. The zero-order valence-electron chi connectivity index (χ0n) is 15.1. The molecule has 6 rings (SSSR count). The molecule has 0 amide bonds. The van der Waals surface area contributed by atoms with Crippen LogP contribution in [-0.2, 0) is 0 Å². The van der Waals surface area contributed by atoms with Gasteiger partial charge in [-0.2, -0.15) is 0 Å². The first-order valence-electron chi connectivity index (χ1n) is 9.43. The van der Waals surface area contributed by atoms with Gasteiger partial charge in [-0.15, -0.1) is 0 Å². The molecule has 2 heteroatoms. The summed E-state index contributed by atoms with van der Waals surface area (Å²) in [7, 11) is 0. The molecule has 4 aromatic carbocycles. The van der Waals surface area contributed by atoms with Crippen LogP contribution in [0.4, 0.5) is 0 Å². The summed E-state index contributed by atoms with van der Waals surface area (Å²) in [6.07, 6.45) is 3.78. The van der Waals surface area contributed by atoms with Gasteiger partial charge in [-0.3, -0.25) is 4.98 Å². The Morgan fingerprint density at radius 2 is 1.14 bits per heavy atom. The van der Waals surface area contributed by atoms with Crippen molar-refractivity contribution < 1.29 is 0 Å². The first-order valence-corrected chi connectivity index (χ1v) is 9.43. The number of rotatable bonds is 1. The highest BCUT2D eigenvalue weighted by Crippen LogP contribution is 2.41. The van der Waals surface area contributed by atoms with Crippen molar-refractivity contribution in [2.75, 3.05) is 0 Å². The van der Waals surface area contributed by atoms with E-state index in [1.165, 1.54) is 37.9 Å². The van der Waals surface area contributed by atoms with Crippen LogP contribution >= 0.6 is 0 Å². The van der Waals surface area contributed by atoms with Crippen molar-refractivity contribution in [3.05, 3.63) is 97.3 Å². The quantitative estimate of drug-likeness (QED) is 0.240. The second-order valence-corrected chi connectivity index (χ2v) is 7.09. The summed E-state index contributed by atoms with van der Waals surface area (Å²) in [5.74, 6) is 0. The van der Waals surface area contributed by atoms with Crippen LogP contribution < -0.4 is 0 Å². The zero-order valence-corrected chi connectivity index (χ0v) is 15.1. The lowest BCUT2D eigenvalue weighted by Crippen LogP contribution is -1.92. The molecular formula is C26H16N2. The van der Waals surface area contributed by atoms with Crippen molar-refractivity contribution >= 4 is 43.4 Å². The standard InChI is InChI=1S/C26H16N2/c1-3-9-20-17(6-1)11-13-22-25(20)24(19-8-5-15-27-16-19)26-21-10-4-2-7-18(21)12-14-23(26)28-22/h1-16H. The fourth-order valence-electron chi connectivity index (χ4n) is 4.29. The average Bonchev–Trinajstić information content (AvgIpc) is 2.78. The molecule has 0 bridgehead atoms. The van der Waals surface area contributed by atoms with Crippen LogP contribution in [0, 0.1) is 0 Å². The highest BCUT2D eigenvalue weighted by Gasteiger charge is 2.16. The molecule has 0 spiro atoms. The van der Waals surface area contributed by atoms with E-state index in [-0.39, 0.29) is 0 Å². The number of nitrogens with zero attached hydrogens (tertiary/aromatic N) is 2. The van der Waals surface area contributed by atoms with Crippen LogP contribution in [0.15, 0.2) is 97.3 Å². The van der Waals surface area contributed by atoms with Crippen molar-refractivity contribution in [1.29, 1.82) is 0 Å². The Balaban J connectivity index is 1.97. The number of pyridine rings is 2. The van der Waals surface area contributed by atoms with Gasteiger partial charge < -0.3 is 0 Å². The minimum atomic E-state index is 1.01. The van der Waals surface area contributed by atoms with E-state index in [0.29, 0.717) is 0 Å². The maximum absolute atomic E-state index is 5.04. The van der Waals surface area contributed by atoms with E-state index in [1.807, 2.05) is 18.5 Å². The summed E-state index contributed by atoms with van der Waals surface area (Å²) < 4.78 is 0. The summed E-state index contributed by atoms with van der Waals surface area (Å²) >= 11 is 0. The Bertz CT molecular complexity index is 1410. The van der Waals surface area contributed by atoms with E-state index < -0.39 is 0 Å². The van der Waals surface area contributed by atoms with Crippen molar-refractivity contribution in [2.45, 2.75) is 0 Å². The number of benzene rings is 4. The molecule has 0 radical (unpaired) electrons. The Morgan fingerprint density at radius 3 is 1.71 bits per heavy atom. The van der Waals surface area contributed by atoms with E-state index in [9.17, 15) is 0 Å². The van der Waals surface area contributed by atoms with Crippen molar-refractivity contribution in [3.63, 3.8) is 0 Å². The van der Waals surface area contributed by atoms with Gasteiger partial charge in [-0.1, -0.05) is 66.7 Å². The second kappa shape index (κ2) is 5.86. The lowest BCUT2D eigenvalue weighted by Gasteiger charge is -2.15. The third-order valence-corrected chi connectivity index (χ3v) is 5.51. The fourth-order valence-corrected chi connectivity index (χ4v) is 4.29. The second-order valence-electron chi connectivity index (χ2n) is 7.09. The summed E-state index contributed by atoms with van der Waals surface area (Å²) in [5.41, 5.74) is 4.36. The normalized spacial score (nSPS) is 11.6. The third kappa shape index (κ3) is 2.15. The molecule has 28 heavy (non-hydrogen) atoms. The molecule has 0 fully saturated rings. The van der Waals surface area contributed by atoms with Gasteiger partial charge in [0.15, 0.2) is 0 Å². The summed E-state index contributed by atoms with van der Waals surface area (Å²) in [6.45, 7) is 0. The van der Waals surface area contributed by atoms with Crippen molar-refractivity contribution in [1.82, 2.24) is 9.97 Å². The fraction of sp³-hybridized carbons (Fsp3) is 0. The van der Waals surface area contributed by atoms with Crippen LogP contribution in [-0.4, -0.2) is 9.97 Å². The predicted octanol–water partition coefficient (Wildman–Crippen LogP) is 6.76. The van der Waals surface area contributed by atoms with Gasteiger partial charge in [0.25, 0.3) is 0 Å². The minimum absolute atomic E-state index is 1.01. The number of hydrogen-bond donors (Lipinski definition) is 0. The topological polar surface area (TPSA) is 25.8 Å². The largest absolute Gasteiger partial charge is 0.264 e. The number of aromatic nitrogens is 2. The minimum Gasteiger partial charge on any atom is -0.264 e. The van der Waals surface area contributed by atoms with Crippen LogP contribution in [0.2, 0.25) is 0 Å². The van der Waals surface area contributed by atoms with Gasteiger partial charge in [-0.25, -0.2) is 4.98 Å². The van der Waals surface area contributed by atoms with E-state index in [2.05, 4.69) is 83.8 Å². The average molecular weight is 356 g/mol. The molecule has 0 unspecified atom stereocenters. The first kappa shape index (κ1) is 15.3. The molecule has 0 aliphatic heterocycles. The molecule has 0 saturated heterocycles. The molecule has 0 saturated carbocycles. The smallest absolute Gasteiger partial charge is 0.0722 e. The maximum atomic E-state index is 5.04. The van der Waals surface area contributed by atoms with Crippen LogP contribution in [0.1, 0.15) is 0 Å². The first-order chi connectivity index (χ1) is 13.9. The number of fused-ring (bicyclic) bond motifs is 6. The van der Waals surface area contributed by atoms with Gasteiger partial charge in [0.1, 0.15) is 0 Å². The monoisotopic (exact) mass is 356 g/mol. The number of hydrogen-bond acceptors (Lipinski definition) is 2. The molecule has 6 aromatic rings. The van der Waals surface area contributed by atoms with Crippen molar-refractivity contribution in [2.24, 2.45) is 0 Å². The van der Waals surface area contributed by atoms with Gasteiger partial charge in [0.05, 0.1) is 11.0 Å². The van der Waals surface area contributed by atoms with Crippen LogP contribution in [0.5, 0.6) is 0 Å². The highest BCUT2D eigenvalue weighted by molar-refractivity contribution is 6.24. The lowest BCUT2D eigenvalue weighted by atomic mass is 9.91. The Hall–Kier alpha value is -3.78. The summed E-state index contributed by atoms with van der Waals surface area (Å²) in [5, 5.41) is 7.27. The predicted molar refractivity (Wildman–Crippen MR) is 117 cm³/mol. The maximum Gasteiger partial charge on any atom is 0.0722 e. The van der Waals surface area contributed by atoms with E-state index in [1.54, 1.807) is 0 Å².